The van der Waals surface area contributed by atoms with Crippen LogP contribution in [-0.2, 0) is 5.75 Å². The summed E-state index contributed by atoms with van der Waals surface area (Å²) < 4.78 is 0. The van der Waals surface area contributed by atoms with Gasteiger partial charge in [-0.2, -0.15) is 11.8 Å². The van der Waals surface area contributed by atoms with Gasteiger partial charge in [0, 0.05) is 5.75 Å². The minimum absolute atomic E-state index is 0.672. The zero-order chi connectivity index (χ0) is 12.1. The van der Waals surface area contributed by atoms with Gasteiger partial charge in [0.1, 0.15) is 5.82 Å². The molecule has 0 saturated heterocycles. The van der Waals surface area contributed by atoms with Crippen molar-refractivity contribution in [2.24, 2.45) is 11.8 Å². The summed E-state index contributed by atoms with van der Waals surface area (Å²) in [6.45, 7) is 0. The Morgan fingerprint density at radius 1 is 1.41 bits per heavy atom. The van der Waals surface area contributed by atoms with Crippen molar-refractivity contribution in [3.05, 3.63) is 22.8 Å². The van der Waals surface area contributed by atoms with E-state index in [1.807, 2.05) is 17.8 Å². The number of hydrogen-bond donors (Lipinski definition) is 2. The Labute approximate surface area is 111 Å². The Morgan fingerprint density at radius 2 is 2.18 bits per heavy atom. The van der Waals surface area contributed by atoms with Gasteiger partial charge in [-0.15, -0.1) is 0 Å². The van der Waals surface area contributed by atoms with Crippen molar-refractivity contribution in [2.45, 2.75) is 31.4 Å². The minimum Gasteiger partial charge on any atom is -0.308 e. The molecule has 0 bridgehead atoms. The topological polar surface area (TPSA) is 50.9 Å². The van der Waals surface area contributed by atoms with E-state index in [-0.39, 0.29) is 0 Å². The monoisotopic (exact) mass is 271 g/mol. The molecule has 1 aliphatic rings. The van der Waals surface area contributed by atoms with Gasteiger partial charge in [-0.05, 0) is 36.6 Å². The van der Waals surface area contributed by atoms with Gasteiger partial charge in [0.2, 0.25) is 0 Å². The number of nitrogens with zero attached hydrogens (tertiary/aromatic N) is 1. The van der Waals surface area contributed by atoms with Crippen molar-refractivity contribution in [1.82, 2.24) is 4.98 Å². The van der Waals surface area contributed by atoms with Crippen LogP contribution in [0.2, 0.25) is 5.02 Å². The average molecular weight is 272 g/mol. The SMILES string of the molecule is NNc1ccc(Cl)c(CSCC2CCCC2)n1. The third kappa shape index (κ3) is 3.76. The average Bonchev–Trinajstić information content (AvgIpc) is 2.84. The number of thioether (sulfide) groups is 1. The minimum atomic E-state index is 0.672. The van der Waals surface area contributed by atoms with Crippen LogP contribution in [0, 0.1) is 5.92 Å². The summed E-state index contributed by atoms with van der Waals surface area (Å²) >= 11 is 8.03. The summed E-state index contributed by atoms with van der Waals surface area (Å²) in [5, 5.41) is 0.725. The van der Waals surface area contributed by atoms with E-state index in [1.54, 1.807) is 6.07 Å². The van der Waals surface area contributed by atoms with Crippen LogP contribution in [0.3, 0.4) is 0 Å². The predicted octanol–water partition coefficient (Wildman–Crippen LogP) is 3.44. The fourth-order valence-electron chi connectivity index (χ4n) is 2.17. The fourth-order valence-corrected chi connectivity index (χ4v) is 3.61. The smallest absolute Gasteiger partial charge is 0.140 e. The molecule has 0 aliphatic heterocycles. The first-order valence-corrected chi connectivity index (χ1v) is 7.52. The summed E-state index contributed by atoms with van der Waals surface area (Å²) in [5.74, 6) is 8.99. The molecule has 17 heavy (non-hydrogen) atoms. The molecule has 0 spiro atoms. The molecule has 3 N–H and O–H groups in total. The second-order valence-electron chi connectivity index (χ2n) is 4.43. The number of nitrogens with two attached hydrogens (primary N) is 1. The predicted molar refractivity (Wildman–Crippen MR) is 75.2 cm³/mol. The highest BCUT2D eigenvalue weighted by Gasteiger charge is 2.15. The normalized spacial score (nSPS) is 16.4. The molecule has 2 rings (SSSR count). The van der Waals surface area contributed by atoms with E-state index in [1.165, 1.54) is 31.4 Å². The summed E-state index contributed by atoms with van der Waals surface area (Å²) in [6, 6.07) is 3.63. The van der Waals surface area contributed by atoms with Gasteiger partial charge in [0.15, 0.2) is 0 Å². The van der Waals surface area contributed by atoms with Gasteiger partial charge in [0.25, 0.3) is 0 Å². The van der Waals surface area contributed by atoms with Gasteiger partial charge in [-0.25, -0.2) is 10.8 Å². The van der Waals surface area contributed by atoms with Crippen LogP contribution in [0.15, 0.2) is 12.1 Å². The zero-order valence-electron chi connectivity index (χ0n) is 9.79. The Bertz CT molecular complexity index is 367. The van der Waals surface area contributed by atoms with Crippen molar-refractivity contribution < 1.29 is 0 Å². The molecule has 1 aromatic heterocycles. The molecular formula is C12H18ClN3S. The van der Waals surface area contributed by atoms with Crippen molar-refractivity contribution in [3.8, 4) is 0 Å². The third-order valence-electron chi connectivity index (χ3n) is 3.13. The lowest BCUT2D eigenvalue weighted by Crippen LogP contribution is -2.09. The fraction of sp³-hybridized carbons (Fsp3) is 0.583. The molecule has 5 heteroatoms. The summed E-state index contributed by atoms with van der Waals surface area (Å²) in [4.78, 5) is 4.37. The van der Waals surface area contributed by atoms with E-state index in [0.717, 1.165) is 22.4 Å². The molecular weight excluding hydrogens is 254 g/mol. The number of hydrazine groups is 1. The van der Waals surface area contributed by atoms with Crippen molar-refractivity contribution in [3.63, 3.8) is 0 Å². The van der Waals surface area contributed by atoms with Crippen LogP contribution in [0.25, 0.3) is 0 Å². The van der Waals surface area contributed by atoms with Crippen LogP contribution in [0.5, 0.6) is 0 Å². The lowest BCUT2D eigenvalue weighted by atomic mass is 10.1. The zero-order valence-corrected chi connectivity index (χ0v) is 11.4. The molecule has 0 amide bonds. The van der Waals surface area contributed by atoms with Gasteiger partial charge >= 0.3 is 0 Å². The number of rotatable bonds is 5. The highest BCUT2D eigenvalue weighted by Crippen LogP contribution is 2.30. The molecule has 1 saturated carbocycles. The second-order valence-corrected chi connectivity index (χ2v) is 5.87. The maximum Gasteiger partial charge on any atom is 0.140 e. The van der Waals surface area contributed by atoms with Gasteiger partial charge in [-0.1, -0.05) is 24.4 Å². The molecule has 3 nitrogen and oxygen atoms in total. The van der Waals surface area contributed by atoms with Crippen molar-refractivity contribution >= 4 is 29.2 Å². The molecule has 1 fully saturated rings. The molecule has 1 aliphatic carbocycles. The van der Waals surface area contributed by atoms with E-state index in [4.69, 9.17) is 17.4 Å². The standard InChI is InChI=1S/C12H18ClN3S/c13-10-5-6-12(16-14)15-11(10)8-17-7-9-3-1-2-4-9/h5-6,9H,1-4,7-8,14H2,(H,15,16). The molecule has 0 unspecified atom stereocenters. The third-order valence-corrected chi connectivity index (χ3v) is 4.66. The van der Waals surface area contributed by atoms with E-state index in [0.29, 0.717) is 5.82 Å². The van der Waals surface area contributed by atoms with E-state index in [9.17, 15) is 0 Å². The number of pyridine rings is 1. The highest BCUT2D eigenvalue weighted by molar-refractivity contribution is 7.98. The van der Waals surface area contributed by atoms with Gasteiger partial charge < -0.3 is 5.43 Å². The first-order chi connectivity index (χ1) is 8.29. The van der Waals surface area contributed by atoms with Crippen molar-refractivity contribution in [2.75, 3.05) is 11.2 Å². The van der Waals surface area contributed by atoms with E-state index < -0.39 is 0 Å². The largest absolute Gasteiger partial charge is 0.308 e. The summed E-state index contributed by atoms with van der Waals surface area (Å²) in [7, 11) is 0. The second kappa shape index (κ2) is 6.47. The number of aromatic nitrogens is 1. The van der Waals surface area contributed by atoms with E-state index in [2.05, 4.69) is 10.4 Å². The van der Waals surface area contributed by atoms with Crippen LogP contribution in [0.4, 0.5) is 5.82 Å². The number of anilines is 1. The number of halogens is 1. The lowest BCUT2D eigenvalue weighted by Gasteiger charge is -2.09. The van der Waals surface area contributed by atoms with Crippen LogP contribution in [-0.4, -0.2) is 10.7 Å². The summed E-state index contributed by atoms with van der Waals surface area (Å²) in [5.41, 5.74) is 3.47. The molecule has 0 aromatic carbocycles. The first-order valence-electron chi connectivity index (χ1n) is 5.99. The quantitative estimate of drug-likeness (QED) is 0.636. The Kier molecular flexibility index (Phi) is 4.95. The van der Waals surface area contributed by atoms with Crippen LogP contribution in [0.1, 0.15) is 31.4 Å². The van der Waals surface area contributed by atoms with E-state index >= 15 is 0 Å². The number of hydrogen-bond acceptors (Lipinski definition) is 4. The number of nitrogen functional groups attached to an aromatic ring is 1. The maximum absolute atomic E-state index is 6.10. The first kappa shape index (κ1) is 13.0. The van der Waals surface area contributed by atoms with Crippen LogP contribution >= 0.6 is 23.4 Å². The number of nitrogens with one attached hydrogen (secondary N) is 1. The Hall–Kier alpha value is -0.450. The highest BCUT2D eigenvalue weighted by atomic mass is 35.5. The summed E-state index contributed by atoms with van der Waals surface area (Å²) in [6.07, 6.45) is 5.57. The van der Waals surface area contributed by atoms with Gasteiger partial charge in [0.05, 0.1) is 10.7 Å². The molecule has 94 valence electrons. The molecule has 1 aromatic rings. The Balaban J connectivity index is 1.84. The lowest BCUT2D eigenvalue weighted by molar-refractivity contribution is 0.623. The van der Waals surface area contributed by atoms with Gasteiger partial charge in [-0.3, -0.25) is 0 Å². The maximum atomic E-state index is 6.10. The Morgan fingerprint density at radius 3 is 2.88 bits per heavy atom. The molecule has 0 atom stereocenters. The van der Waals surface area contributed by atoms with Crippen molar-refractivity contribution in [1.29, 1.82) is 0 Å². The molecule has 1 heterocycles. The molecule has 0 radical (unpaired) electrons. The van der Waals surface area contributed by atoms with Crippen LogP contribution < -0.4 is 11.3 Å².